The molecule has 1 aliphatic heterocycles. The van der Waals surface area contributed by atoms with Gasteiger partial charge >= 0.3 is 0 Å². The molecule has 1 heterocycles. The Balaban J connectivity index is 1.97. The molecule has 1 nitrogen and oxygen atoms in total. The summed E-state index contributed by atoms with van der Waals surface area (Å²) in [7, 11) is 0. The van der Waals surface area contributed by atoms with Gasteiger partial charge in [-0.1, -0.05) is 24.3 Å². The molecule has 1 aliphatic rings. The Labute approximate surface area is 114 Å². The summed E-state index contributed by atoms with van der Waals surface area (Å²) in [5.74, 6) is -1.23. The van der Waals surface area contributed by atoms with Crippen LogP contribution in [0.3, 0.4) is 0 Å². The molecular formula is C15H11ClF2O. The van der Waals surface area contributed by atoms with Gasteiger partial charge in [-0.15, -0.1) is 11.6 Å². The normalized spacial score (nSPS) is 15.3. The van der Waals surface area contributed by atoms with Gasteiger partial charge in [0.25, 0.3) is 0 Å². The first-order valence-electron chi connectivity index (χ1n) is 5.93. The van der Waals surface area contributed by atoms with Crippen LogP contribution in [0.25, 0.3) is 0 Å². The summed E-state index contributed by atoms with van der Waals surface area (Å²) in [6.07, 6.45) is 0. The van der Waals surface area contributed by atoms with Crippen molar-refractivity contribution < 1.29 is 13.5 Å². The lowest BCUT2D eigenvalue weighted by Gasteiger charge is -2.12. The number of ether oxygens (including phenoxy) is 1. The van der Waals surface area contributed by atoms with Crippen molar-refractivity contribution >= 4 is 11.6 Å². The molecule has 4 heteroatoms. The summed E-state index contributed by atoms with van der Waals surface area (Å²) >= 11 is 6.29. The molecule has 0 N–H and O–H groups in total. The number of benzene rings is 2. The van der Waals surface area contributed by atoms with Crippen molar-refractivity contribution in [3.05, 3.63) is 70.3 Å². The van der Waals surface area contributed by atoms with E-state index in [9.17, 15) is 8.78 Å². The third-order valence-corrected chi connectivity index (χ3v) is 3.76. The fourth-order valence-electron chi connectivity index (χ4n) is 2.24. The molecule has 0 aliphatic carbocycles. The van der Waals surface area contributed by atoms with Crippen LogP contribution >= 0.6 is 11.6 Å². The molecule has 0 radical (unpaired) electrons. The summed E-state index contributed by atoms with van der Waals surface area (Å²) < 4.78 is 31.9. The van der Waals surface area contributed by atoms with Crippen LogP contribution < -0.4 is 0 Å². The SMILES string of the molecule is Fc1ccc(C(Cl)c2ccc3c(c2)COC3)c(F)c1. The van der Waals surface area contributed by atoms with Crippen molar-refractivity contribution in [1.29, 1.82) is 0 Å². The molecule has 0 saturated heterocycles. The Morgan fingerprint density at radius 1 is 1.00 bits per heavy atom. The van der Waals surface area contributed by atoms with Crippen LogP contribution in [0.2, 0.25) is 0 Å². The Bertz CT molecular complexity index is 628. The lowest BCUT2D eigenvalue weighted by molar-refractivity contribution is 0.134. The van der Waals surface area contributed by atoms with Gasteiger partial charge in [-0.25, -0.2) is 8.78 Å². The number of halogens is 3. The highest BCUT2D eigenvalue weighted by Gasteiger charge is 2.19. The van der Waals surface area contributed by atoms with Crippen molar-refractivity contribution in [2.45, 2.75) is 18.6 Å². The second-order valence-corrected chi connectivity index (χ2v) is 4.99. The second kappa shape index (κ2) is 4.91. The molecule has 19 heavy (non-hydrogen) atoms. The summed E-state index contributed by atoms with van der Waals surface area (Å²) in [5.41, 5.74) is 3.27. The van der Waals surface area contributed by atoms with E-state index < -0.39 is 17.0 Å². The van der Waals surface area contributed by atoms with Crippen molar-refractivity contribution in [3.63, 3.8) is 0 Å². The van der Waals surface area contributed by atoms with Crippen molar-refractivity contribution in [3.8, 4) is 0 Å². The molecule has 0 spiro atoms. The standard InChI is InChI=1S/C15H11ClF2O/c16-15(13-4-3-12(17)6-14(13)18)9-1-2-10-7-19-8-11(10)5-9/h1-6,15H,7-8H2. The van der Waals surface area contributed by atoms with Crippen molar-refractivity contribution in [1.82, 2.24) is 0 Å². The topological polar surface area (TPSA) is 9.23 Å². The molecule has 0 saturated carbocycles. The largest absolute Gasteiger partial charge is 0.372 e. The number of hydrogen-bond donors (Lipinski definition) is 0. The van der Waals surface area contributed by atoms with E-state index in [-0.39, 0.29) is 5.56 Å². The molecule has 2 aromatic rings. The lowest BCUT2D eigenvalue weighted by atomic mass is 10.00. The summed E-state index contributed by atoms with van der Waals surface area (Å²) in [4.78, 5) is 0. The second-order valence-electron chi connectivity index (χ2n) is 4.55. The third-order valence-electron chi connectivity index (χ3n) is 3.27. The summed E-state index contributed by atoms with van der Waals surface area (Å²) in [5, 5.41) is -0.633. The maximum absolute atomic E-state index is 13.7. The molecule has 2 aromatic carbocycles. The predicted molar refractivity (Wildman–Crippen MR) is 69.0 cm³/mol. The van der Waals surface area contributed by atoms with Crippen LogP contribution in [0.1, 0.15) is 27.6 Å². The van der Waals surface area contributed by atoms with Crippen LogP contribution in [0, 0.1) is 11.6 Å². The van der Waals surface area contributed by atoms with Gasteiger partial charge in [-0.05, 0) is 22.8 Å². The minimum atomic E-state index is -0.633. The van der Waals surface area contributed by atoms with Gasteiger partial charge in [0, 0.05) is 11.6 Å². The van der Waals surface area contributed by atoms with Gasteiger partial charge in [0.1, 0.15) is 11.6 Å². The van der Waals surface area contributed by atoms with Gasteiger partial charge in [0.2, 0.25) is 0 Å². The first-order valence-corrected chi connectivity index (χ1v) is 6.37. The Hall–Kier alpha value is -1.45. The molecule has 1 atom stereocenters. The highest BCUT2D eigenvalue weighted by Crippen LogP contribution is 2.33. The molecule has 0 amide bonds. The van der Waals surface area contributed by atoms with E-state index in [4.69, 9.17) is 16.3 Å². The molecule has 0 aromatic heterocycles. The molecule has 0 bridgehead atoms. The molecule has 0 fully saturated rings. The zero-order valence-electron chi connectivity index (χ0n) is 10.00. The average Bonchev–Trinajstić information content (AvgIpc) is 2.85. The zero-order chi connectivity index (χ0) is 13.4. The van der Waals surface area contributed by atoms with E-state index in [0.29, 0.717) is 13.2 Å². The number of fused-ring (bicyclic) bond motifs is 1. The van der Waals surface area contributed by atoms with E-state index in [1.165, 1.54) is 12.1 Å². The number of rotatable bonds is 2. The van der Waals surface area contributed by atoms with Gasteiger partial charge < -0.3 is 4.74 Å². The predicted octanol–water partition coefficient (Wildman–Crippen LogP) is 4.32. The van der Waals surface area contributed by atoms with E-state index in [0.717, 1.165) is 22.8 Å². The van der Waals surface area contributed by atoms with Gasteiger partial charge in [0.15, 0.2) is 0 Å². The van der Waals surface area contributed by atoms with Gasteiger partial charge in [0.05, 0.1) is 18.6 Å². The zero-order valence-corrected chi connectivity index (χ0v) is 10.8. The minimum absolute atomic E-state index is 0.280. The first-order chi connectivity index (χ1) is 9.15. The fourth-order valence-corrected chi connectivity index (χ4v) is 2.55. The van der Waals surface area contributed by atoms with Crippen molar-refractivity contribution in [2.75, 3.05) is 0 Å². The van der Waals surface area contributed by atoms with E-state index in [1.54, 1.807) is 0 Å². The lowest BCUT2D eigenvalue weighted by Crippen LogP contribution is -1.99. The summed E-state index contributed by atoms with van der Waals surface area (Å²) in [6, 6.07) is 9.16. The van der Waals surface area contributed by atoms with Crippen LogP contribution in [0.15, 0.2) is 36.4 Å². The Morgan fingerprint density at radius 2 is 1.79 bits per heavy atom. The maximum atomic E-state index is 13.7. The quantitative estimate of drug-likeness (QED) is 0.744. The van der Waals surface area contributed by atoms with E-state index >= 15 is 0 Å². The van der Waals surface area contributed by atoms with Crippen LogP contribution in [-0.4, -0.2) is 0 Å². The van der Waals surface area contributed by atoms with Gasteiger partial charge in [-0.2, -0.15) is 0 Å². The smallest absolute Gasteiger partial charge is 0.131 e. The van der Waals surface area contributed by atoms with Crippen LogP contribution in [-0.2, 0) is 18.0 Å². The Kier molecular flexibility index (Phi) is 3.25. The van der Waals surface area contributed by atoms with Gasteiger partial charge in [-0.3, -0.25) is 0 Å². The Morgan fingerprint density at radius 3 is 2.58 bits per heavy atom. The highest BCUT2D eigenvalue weighted by atomic mass is 35.5. The minimum Gasteiger partial charge on any atom is -0.372 e. The first kappa shape index (κ1) is 12.6. The number of hydrogen-bond acceptors (Lipinski definition) is 1. The molecular weight excluding hydrogens is 270 g/mol. The van der Waals surface area contributed by atoms with Crippen LogP contribution in [0.4, 0.5) is 8.78 Å². The summed E-state index contributed by atoms with van der Waals surface area (Å²) in [6.45, 7) is 1.16. The molecule has 1 unspecified atom stereocenters. The van der Waals surface area contributed by atoms with Crippen molar-refractivity contribution in [2.24, 2.45) is 0 Å². The maximum Gasteiger partial charge on any atom is 0.131 e. The van der Waals surface area contributed by atoms with E-state index in [1.807, 2.05) is 18.2 Å². The fraction of sp³-hybridized carbons (Fsp3) is 0.200. The van der Waals surface area contributed by atoms with E-state index in [2.05, 4.69) is 0 Å². The number of alkyl halides is 1. The average molecular weight is 281 g/mol. The third kappa shape index (κ3) is 2.36. The van der Waals surface area contributed by atoms with Crippen LogP contribution in [0.5, 0.6) is 0 Å². The molecule has 98 valence electrons. The highest BCUT2D eigenvalue weighted by molar-refractivity contribution is 6.22. The monoisotopic (exact) mass is 280 g/mol. The molecule has 3 rings (SSSR count).